The summed E-state index contributed by atoms with van der Waals surface area (Å²) >= 11 is 0. The average Bonchev–Trinajstić information content (AvgIpc) is 3.01. The Kier molecular flexibility index (Phi) is 4.64. The van der Waals surface area contributed by atoms with Crippen molar-refractivity contribution in [3.63, 3.8) is 0 Å². The lowest BCUT2D eigenvalue weighted by Gasteiger charge is -2.28. The Morgan fingerprint density at radius 2 is 1.75 bits per heavy atom. The molecule has 6 nitrogen and oxygen atoms in total. The van der Waals surface area contributed by atoms with Crippen molar-refractivity contribution in [3.8, 4) is 0 Å². The van der Waals surface area contributed by atoms with Crippen LogP contribution in [0.5, 0.6) is 0 Å². The standard InChI is InChI=1S/C18H20N2O4/c21-16-6-3-11-20(16)13-9-7-12(8-10-13)19-17(22)14-4-1-2-5-15(14)18(23)24/h1-2,7-10,14-15H,3-6,11H2,(H,19,22)(H,23,24)/p-1/t14-,15+/m1/s1. The summed E-state index contributed by atoms with van der Waals surface area (Å²) in [6.07, 6.45) is 5.73. The molecule has 1 aliphatic carbocycles. The van der Waals surface area contributed by atoms with Gasteiger partial charge in [0, 0.05) is 36.2 Å². The normalized spacial score (nSPS) is 23.3. The van der Waals surface area contributed by atoms with Crippen LogP contribution in [0.2, 0.25) is 0 Å². The van der Waals surface area contributed by atoms with E-state index in [0.29, 0.717) is 31.5 Å². The molecule has 0 aromatic heterocycles. The molecule has 0 bridgehead atoms. The Morgan fingerprint density at radius 1 is 1.08 bits per heavy atom. The van der Waals surface area contributed by atoms with Gasteiger partial charge >= 0.3 is 0 Å². The van der Waals surface area contributed by atoms with Crippen molar-refractivity contribution in [1.82, 2.24) is 0 Å². The lowest BCUT2D eigenvalue weighted by Crippen LogP contribution is -2.41. The minimum atomic E-state index is -1.19. The minimum absolute atomic E-state index is 0.109. The summed E-state index contributed by atoms with van der Waals surface area (Å²) in [7, 11) is 0. The number of nitrogens with zero attached hydrogens (tertiary/aromatic N) is 1. The van der Waals surface area contributed by atoms with Crippen LogP contribution in [0.1, 0.15) is 25.7 Å². The first-order valence-corrected chi connectivity index (χ1v) is 8.13. The number of carboxylic acid groups (broad SMARTS) is 1. The van der Waals surface area contributed by atoms with Crippen LogP contribution in [0, 0.1) is 11.8 Å². The second-order valence-corrected chi connectivity index (χ2v) is 6.16. The first kappa shape index (κ1) is 16.2. The molecule has 0 unspecified atom stereocenters. The van der Waals surface area contributed by atoms with Crippen molar-refractivity contribution in [2.45, 2.75) is 25.7 Å². The Morgan fingerprint density at radius 3 is 2.33 bits per heavy atom. The van der Waals surface area contributed by atoms with E-state index >= 15 is 0 Å². The molecule has 1 aromatic carbocycles. The van der Waals surface area contributed by atoms with Crippen molar-refractivity contribution >= 4 is 29.2 Å². The largest absolute Gasteiger partial charge is 0.550 e. The third kappa shape index (κ3) is 3.32. The molecule has 24 heavy (non-hydrogen) atoms. The number of anilines is 2. The molecule has 2 atom stereocenters. The van der Waals surface area contributed by atoms with Crippen LogP contribution in [-0.2, 0) is 14.4 Å². The number of carbonyl (C=O) groups is 3. The van der Waals surface area contributed by atoms with Crippen LogP contribution in [0.3, 0.4) is 0 Å². The van der Waals surface area contributed by atoms with E-state index in [1.807, 2.05) is 6.08 Å². The Labute approximate surface area is 140 Å². The second-order valence-electron chi connectivity index (χ2n) is 6.16. The first-order valence-electron chi connectivity index (χ1n) is 8.13. The van der Waals surface area contributed by atoms with Gasteiger partial charge in [-0.3, -0.25) is 9.59 Å². The number of nitrogens with one attached hydrogen (secondary N) is 1. The van der Waals surface area contributed by atoms with Gasteiger partial charge in [-0.1, -0.05) is 12.2 Å². The molecule has 126 valence electrons. The molecule has 6 heteroatoms. The maximum absolute atomic E-state index is 12.4. The van der Waals surface area contributed by atoms with E-state index < -0.39 is 17.8 Å². The highest BCUT2D eigenvalue weighted by atomic mass is 16.4. The van der Waals surface area contributed by atoms with E-state index in [2.05, 4.69) is 5.32 Å². The van der Waals surface area contributed by atoms with Crippen LogP contribution >= 0.6 is 0 Å². The van der Waals surface area contributed by atoms with Crippen LogP contribution in [0.25, 0.3) is 0 Å². The van der Waals surface area contributed by atoms with Crippen LogP contribution in [0.15, 0.2) is 36.4 Å². The Bertz CT molecular complexity index is 681. The molecular weight excluding hydrogens is 308 g/mol. The predicted octanol–water partition coefficient (Wildman–Crippen LogP) is 1.08. The fourth-order valence-corrected chi connectivity index (χ4v) is 3.25. The molecule has 1 aliphatic heterocycles. The summed E-state index contributed by atoms with van der Waals surface area (Å²) in [6.45, 7) is 0.715. The fourth-order valence-electron chi connectivity index (χ4n) is 3.25. The van der Waals surface area contributed by atoms with Gasteiger partial charge in [0.15, 0.2) is 0 Å². The maximum Gasteiger partial charge on any atom is 0.228 e. The first-order chi connectivity index (χ1) is 11.6. The molecule has 1 N–H and O–H groups in total. The molecule has 1 saturated heterocycles. The van der Waals surface area contributed by atoms with Gasteiger partial charge in [-0.15, -0.1) is 0 Å². The number of carbonyl (C=O) groups excluding carboxylic acids is 3. The molecule has 0 spiro atoms. The van der Waals surface area contributed by atoms with E-state index in [-0.39, 0.29) is 11.8 Å². The second kappa shape index (κ2) is 6.86. The molecule has 2 aliphatic rings. The van der Waals surface area contributed by atoms with Gasteiger partial charge in [0.1, 0.15) is 0 Å². The molecule has 1 fully saturated rings. The summed E-state index contributed by atoms with van der Waals surface area (Å²) in [5.74, 6) is -2.82. The van der Waals surface area contributed by atoms with Crippen molar-refractivity contribution in [3.05, 3.63) is 36.4 Å². The van der Waals surface area contributed by atoms with E-state index in [4.69, 9.17) is 0 Å². The SMILES string of the molecule is O=C([O-])[C@H]1CC=CC[C@H]1C(=O)Nc1ccc(N2CCCC2=O)cc1. The quantitative estimate of drug-likeness (QED) is 0.838. The van der Waals surface area contributed by atoms with Gasteiger partial charge < -0.3 is 20.1 Å². The Hall–Kier alpha value is -2.63. The summed E-state index contributed by atoms with van der Waals surface area (Å²) in [5.41, 5.74) is 1.39. The van der Waals surface area contributed by atoms with Gasteiger partial charge in [-0.2, -0.15) is 0 Å². The highest BCUT2D eigenvalue weighted by Crippen LogP contribution is 2.27. The van der Waals surface area contributed by atoms with E-state index in [1.54, 1.807) is 35.2 Å². The molecule has 0 saturated carbocycles. The van der Waals surface area contributed by atoms with Gasteiger partial charge in [0.2, 0.25) is 11.8 Å². The number of amides is 2. The third-order valence-corrected chi connectivity index (χ3v) is 4.59. The summed E-state index contributed by atoms with van der Waals surface area (Å²) < 4.78 is 0. The highest BCUT2D eigenvalue weighted by molar-refractivity contribution is 5.97. The molecule has 1 heterocycles. The zero-order chi connectivity index (χ0) is 17.1. The summed E-state index contributed by atoms with van der Waals surface area (Å²) in [5, 5.41) is 13.9. The number of benzene rings is 1. The number of rotatable bonds is 4. The zero-order valence-electron chi connectivity index (χ0n) is 13.2. The Balaban J connectivity index is 1.67. The molecular formula is C18H19N2O4-. The van der Waals surface area contributed by atoms with Gasteiger partial charge in [0.05, 0.1) is 5.92 Å². The monoisotopic (exact) mass is 327 g/mol. The number of hydrogen-bond donors (Lipinski definition) is 1. The zero-order valence-corrected chi connectivity index (χ0v) is 13.2. The van der Waals surface area contributed by atoms with Crippen molar-refractivity contribution < 1.29 is 19.5 Å². The minimum Gasteiger partial charge on any atom is -0.550 e. The molecule has 1 aromatic rings. The topological polar surface area (TPSA) is 89.5 Å². The predicted molar refractivity (Wildman–Crippen MR) is 87.0 cm³/mol. The van der Waals surface area contributed by atoms with Crippen LogP contribution < -0.4 is 15.3 Å². The number of aliphatic carboxylic acids is 1. The number of allylic oxidation sites excluding steroid dienone is 2. The lowest BCUT2D eigenvalue weighted by molar-refractivity contribution is -0.313. The molecule has 0 radical (unpaired) electrons. The van der Waals surface area contributed by atoms with Crippen LogP contribution in [0.4, 0.5) is 11.4 Å². The number of hydrogen-bond acceptors (Lipinski definition) is 4. The van der Waals surface area contributed by atoms with E-state index in [1.165, 1.54) is 0 Å². The smallest absolute Gasteiger partial charge is 0.228 e. The summed E-state index contributed by atoms with van der Waals surface area (Å²) in [6, 6.07) is 7.03. The van der Waals surface area contributed by atoms with E-state index in [0.717, 1.165) is 12.1 Å². The lowest BCUT2D eigenvalue weighted by atomic mass is 9.82. The summed E-state index contributed by atoms with van der Waals surface area (Å²) in [4.78, 5) is 37.0. The molecule has 2 amide bonds. The fraction of sp³-hybridized carbons (Fsp3) is 0.389. The number of carboxylic acids is 1. The molecule has 3 rings (SSSR count). The van der Waals surface area contributed by atoms with Gasteiger partial charge in [0.25, 0.3) is 0 Å². The van der Waals surface area contributed by atoms with E-state index in [9.17, 15) is 19.5 Å². The van der Waals surface area contributed by atoms with Crippen molar-refractivity contribution in [1.29, 1.82) is 0 Å². The van der Waals surface area contributed by atoms with Crippen molar-refractivity contribution in [2.24, 2.45) is 11.8 Å². The van der Waals surface area contributed by atoms with Gasteiger partial charge in [-0.25, -0.2) is 0 Å². The maximum atomic E-state index is 12.4. The third-order valence-electron chi connectivity index (χ3n) is 4.59. The highest BCUT2D eigenvalue weighted by Gasteiger charge is 2.30. The van der Waals surface area contributed by atoms with Gasteiger partial charge in [-0.05, 0) is 43.5 Å². The van der Waals surface area contributed by atoms with Crippen molar-refractivity contribution in [2.75, 3.05) is 16.8 Å². The average molecular weight is 327 g/mol. The van der Waals surface area contributed by atoms with Crippen LogP contribution in [-0.4, -0.2) is 24.3 Å².